The van der Waals surface area contributed by atoms with Crippen LogP contribution in [-0.2, 0) is 0 Å². The van der Waals surface area contributed by atoms with Gasteiger partial charge in [0.1, 0.15) is 0 Å². The first-order chi connectivity index (χ1) is 3.72. The van der Waals surface area contributed by atoms with Gasteiger partial charge >= 0.3 is 62.6 Å². The van der Waals surface area contributed by atoms with E-state index in [0.717, 1.165) is 0 Å². The van der Waals surface area contributed by atoms with Crippen LogP contribution in [0.3, 0.4) is 0 Å². The molecule has 0 saturated carbocycles. The Bertz CT molecular complexity index is 101. The van der Waals surface area contributed by atoms with Crippen LogP contribution in [0.15, 0.2) is 0 Å². The van der Waals surface area contributed by atoms with Gasteiger partial charge in [-0.2, -0.15) is 0 Å². The fraction of sp³-hybridized carbons (Fsp3) is 0.800. The van der Waals surface area contributed by atoms with E-state index in [1.165, 1.54) is 16.9 Å². The quantitative estimate of drug-likeness (QED) is 0.494. The van der Waals surface area contributed by atoms with E-state index in [-0.39, 0.29) is 0 Å². The summed E-state index contributed by atoms with van der Waals surface area (Å²) in [7, 11) is 4.25. The van der Waals surface area contributed by atoms with Crippen LogP contribution in [0, 0.1) is 0 Å². The van der Waals surface area contributed by atoms with Crippen molar-refractivity contribution < 1.29 is 0 Å². The fourth-order valence-corrected chi connectivity index (χ4v) is 1.30. The molecule has 1 aliphatic heterocycles. The van der Waals surface area contributed by atoms with Crippen molar-refractivity contribution in [1.29, 1.82) is 0 Å². The van der Waals surface area contributed by atoms with Gasteiger partial charge in [0.2, 0.25) is 0 Å². The van der Waals surface area contributed by atoms with Crippen LogP contribution in [0.5, 0.6) is 0 Å². The van der Waals surface area contributed by atoms with Gasteiger partial charge in [-0.25, -0.2) is 0 Å². The van der Waals surface area contributed by atoms with Crippen LogP contribution in [0.4, 0.5) is 0 Å². The van der Waals surface area contributed by atoms with Crippen LogP contribution >= 0.6 is 0 Å². The third kappa shape index (κ3) is 0.985. The van der Waals surface area contributed by atoms with Gasteiger partial charge < -0.3 is 0 Å². The van der Waals surface area contributed by atoms with Crippen molar-refractivity contribution in [2.75, 3.05) is 27.2 Å². The topological polar surface area (TPSA) is 6.48 Å². The van der Waals surface area contributed by atoms with Crippen molar-refractivity contribution in [2.45, 2.75) is 0 Å². The van der Waals surface area contributed by atoms with Crippen LogP contribution in [0.2, 0.25) is 0 Å². The molecule has 0 aromatic rings. The van der Waals surface area contributed by atoms with E-state index in [1.54, 1.807) is 0 Å². The van der Waals surface area contributed by atoms with E-state index < -0.39 is 0 Å². The van der Waals surface area contributed by atoms with Crippen molar-refractivity contribution in [1.82, 2.24) is 9.80 Å². The molecule has 0 aromatic carbocycles. The molecule has 1 fully saturated rings. The van der Waals surface area contributed by atoms with Crippen LogP contribution < -0.4 is 0 Å². The molecule has 8 heavy (non-hydrogen) atoms. The number of rotatable bonds is 0. The molecule has 1 heterocycles. The molecule has 0 amide bonds. The molecule has 46 valence electrons. The van der Waals surface area contributed by atoms with Gasteiger partial charge in [-0.3, -0.25) is 0 Å². The number of nitrogens with zero attached hydrogens (tertiary/aromatic N) is 2. The van der Waals surface area contributed by atoms with E-state index in [0.29, 0.717) is 0 Å². The van der Waals surface area contributed by atoms with Gasteiger partial charge in [0.15, 0.2) is 0 Å². The minimum absolute atomic E-state index is 1.19. The molecule has 1 saturated heterocycles. The first-order valence-corrected chi connectivity index (χ1v) is 3.84. The minimum atomic E-state index is 1.19. The molecule has 0 aliphatic carbocycles. The Kier molecular flexibility index (Phi) is 1.79. The summed E-state index contributed by atoms with van der Waals surface area (Å²) in [6.07, 6.45) is 0. The van der Waals surface area contributed by atoms with Crippen molar-refractivity contribution in [3.05, 3.63) is 0 Å². The summed E-state index contributed by atoms with van der Waals surface area (Å²) in [6, 6.07) is 0. The summed E-state index contributed by atoms with van der Waals surface area (Å²) >= 11 is 2.08. The van der Waals surface area contributed by atoms with Crippen molar-refractivity contribution in [2.24, 2.45) is 0 Å². The first-order valence-electron chi connectivity index (χ1n) is 2.68. The molecule has 0 aromatic heterocycles. The SMILES string of the molecule is CN1CCN(C)C1=[Te]. The summed E-state index contributed by atoms with van der Waals surface area (Å²) in [5, 5.41) is 0. The van der Waals surface area contributed by atoms with Gasteiger partial charge in [-0.1, -0.05) is 0 Å². The van der Waals surface area contributed by atoms with Crippen LogP contribution in [0.1, 0.15) is 0 Å². The zero-order valence-electron chi connectivity index (χ0n) is 5.22. The number of hydrogen-bond donors (Lipinski definition) is 0. The normalized spacial score (nSPS) is 20.5. The molecule has 0 atom stereocenters. The number of likely N-dealkylation sites (N-methyl/N-ethyl adjacent to an activating group) is 2. The zero-order chi connectivity index (χ0) is 6.15. The average molecular weight is 226 g/mol. The Balaban J connectivity index is 2.57. The van der Waals surface area contributed by atoms with Crippen molar-refractivity contribution in [3.63, 3.8) is 0 Å². The second-order valence-corrected chi connectivity index (χ2v) is 3.17. The Morgan fingerprint density at radius 2 is 1.62 bits per heavy atom. The zero-order valence-corrected chi connectivity index (χ0v) is 7.55. The molecule has 1 rings (SSSR count). The first kappa shape index (κ1) is 6.38. The summed E-state index contributed by atoms with van der Waals surface area (Å²) in [5.41, 5.74) is 0. The van der Waals surface area contributed by atoms with Gasteiger partial charge in [-0.15, -0.1) is 0 Å². The number of hydrogen-bond acceptors (Lipinski definition) is 2. The van der Waals surface area contributed by atoms with Gasteiger partial charge in [0, 0.05) is 0 Å². The fourth-order valence-electron chi connectivity index (χ4n) is 0.783. The summed E-state index contributed by atoms with van der Waals surface area (Å²) in [4.78, 5) is 4.54. The second kappa shape index (κ2) is 2.24. The predicted octanol–water partition coefficient (Wildman–Crippen LogP) is -0.881. The molecule has 1 aliphatic rings. The van der Waals surface area contributed by atoms with Crippen LogP contribution in [0.25, 0.3) is 0 Å². The average Bonchev–Trinajstić information content (AvgIpc) is 1.98. The molecule has 0 N–H and O–H groups in total. The summed E-state index contributed by atoms with van der Waals surface area (Å²) in [6.45, 7) is 2.37. The molecule has 0 unspecified atom stereocenters. The van der Waals surface area contributed by atoms with E-state index >= 15 is 0 Å². The van der Waals surface area contributed by atoms with E-state index in [4.69, 9.17) is 0 Å². The third-order valence-electron chi connectivity index (χ3n) is 1.42. The standard InChI is InChI=1S/C5H10N2Te/c1-6-3-4-7(2)5(6)8/h3-4H2,1-2H3. The second-order valence-electron chi connectivity index (χ2n) is 2.13. The molecule has 0 spiro atoms. The predicted molar refractivity (Wildman–Crippen MR) is 36.0 cm³/mol. The maximum atomic E-state index is 2.27. The Hall–Kier alpha value is 0.260. The van der Waals surface area contributed by atoms with Gasteiger partial charge in [-0.05, 0) is 0 Å². The third-order valence-corrected chi connectivity index (χ3v) is 3.20. The van der Waals surface area contributed by atoms with E-state index in [1.807, 2.05) is 0 Å². The van der Waals surface area contributed by atoms with Crippen LogP contribution in [-0.4, -0.2) is 62.6 Å². The molecular formula is C5H10N2Te. The molecule has 2 nitrogen and oxygen atoms in total. The summed E-state index contributed by atoms with van der Waals surface area (Å²) < 4.78 is 1.39. The molecule has 0 bridgehead atoms. The van der Waals surface area contributed by atoms with Gasteiger partial charge in [0.05, 0.1) is 0 Å². The molecule has 3 heteroatoms. The Labute approximate surface area is 62.8 Å². The molecule has 0 radical (unpaired) electrons. The molecular weight excluding hydrogens is 216 g/mol. The Morgan fingerprint density at radius 3 is 1.75 bits per heavy atom. The van der Waals surface area contributed by atoms with Gasteiger partial charge in [0.25, 0.3) is 0 Å². The Morgan fingerprint density at radius 1 is 1.25 bits per heavy atom. The van der Waals surface area contributed by atoms with Crippen molar-refractivity contribution >= 4 is 25.6 Å². The maximum absolute atomic E-state index is 2.27. The van der Waals surface area contributed by atoms with E-state index in [2.05, 4.69) is 45.7 Å². The summed E-state index contributed by atoms with van der Waals surface area (Å²) in [5.74, 6) is 0. The monoisotopic (exact) mass is 228 g/mol. The van der Waals surface area contributed by atoms with Crippen molar-refractivity contribution in [3.8, 4) is 0 Å². The van der Waals surface area contributed by atoms with E-state index in [9.17, 15) is 0 Å².